The number of nitrogens with one attached hydrogen (secondary N) is 1. The van der Waals surface area contributed by atoms with Crippen LogP contribution < -0.4 is 0 Å². The highest BCUT2D eigenvalue weighted by Gasteiger charge is 2.42. The van der Waals surface area contributed by atoms with Gasteiger partial charge in [0, 0.05) is 23.6 Å². The summed E-state index contributed by atoms with van der Waals surface area (Å²) in [7, 11) is -3.81. The first-order chi connectivity index (χ1) is 13.9. The number of aromatic amines is 1. The van der Waals surface area contributed by atoms with Crippen molar-refractivity contribution in [3.8, 4) is 0 Å². The van der Waals surface area contributed by atoms with Crippen LogP contribution in [-0.2, 0) is 19.6 Å². The zero-order valence-corrected chi connectivity index (χ0v) is 16.9. The van der Waals surface area contributed by atoms with Gasteiger partial charge in [-0.05, 0) is 43.5 Å². The van der Waals surface area contributed by atoms with Crippen molar-refractivity contribution in [3.05, 3.63) is 65.9 Å². The minimum absolute atomic E-state index is 0.164. The van der Waals surface area contributed by atoms with E-state index in [4.69, 9.17) is 0 Å². The average molecular weight is 410 g/mol. The molecule has 2 aromatic carbocycles. The Kier molecular flexibility index (Phi) is 5.10. The Labute approximate surface area is 169 Å². The van der Waals surface area contributed by atoms with E-state index >= 15 is 0 Å². The first kappa shape index (κ1) is 19.5. The van der Waals surface area contributed by atoms with Crippen LogP contribution in [0.5, 0.6) is 0 Å². The number of benzene rings is 2. The second-order valence-electron chi connectivity index (χ2n) is 7.39. The lowest BCUT2D eigenvalue weighted by Crippen LogP contribution is -2.42. The zero-order chi connectivity index (χ0) is 20.6. The molecule has 4 rings (SSSR count). The normalized spacial score (nSPS) is 18.7. The molecule has 1 unspecified atom stereocenters. The summed E-state index contributed by atoms with van der Waals surface area (Å²) in [5.74, 6) is -1.39. The SMILES string of the molecule is Cc1ccc(S(=O)(=O)N2CCC[C@H]2C(=O)C(C=O)c2c[nH]c3ccccc23)cc1. The molecule has 1 saturated heterocycles. The topological polar surface area (TPSA) is 87.3 Å². The van der Waals surface area contributed by atoms with E-state index in [0.29, 0.717) is 24.7 Å². The summed E-state index contributed by atoms with van der Waals surface area (Å²) in [6.45, 7) is 2.15. The van der Waals surface area contributed by atoms with Gasteiger partial charge in [-0.1, -0.05) is 35.9 Å². The van der Waals surface area contributed by atoms with E-state index in [1.54, 1.807) is 30.5 Å². The molecule has 0 amide bonds. The monoisotopic (exact) mass is 410 g/mol. The lowest BCUT2D eigenvalue weighted by Gasteiger charge is -2.25. The van der Waals surface area contributed by atoms with Gasteiger partial charge in [-0.25, -0.2) is 8.42 Å². The minimum atomic E-state index is -3.81. The van der Waals surface area contributed by atoms with Gasteiger partial charge >= 0.3 is 0 Å². The highest BCUT2D eigenvalue weighted by Crippen LogP contribution is 2.32. The summed E-state index contributed by atoms with van der Waals surface area (Å²) in [5, 5.41) is 0.795. The van der Waals surface area contributed by atoms with Gasteiger partial charge in [0.05, 0.1) is 10.9 Å². The first-order valence-electron chi connectivity index (χ1n) is 9.57. The van der Waals surface area contributed by atoms with E-state index in [9.17, 15) is 18.0 Å². The number of carbonyl (C=O) groups is 2. The number of para-hydroxylation sites is 1. The Morgan fingerprint density at radius 1 is 1.17 bits per heavy atom. The van der Waals surface area contributed by atoms with Crippen LogP contribution in [0.4, 0.5) is 0 Å². The predicted octanol–water partition coefficient (Wildman–Crippen LogP) is 3.18. The summed E-state index contributed by atoms with van der Waals surface area (Å²) in [6.07, 6.45) is 3.28. The summed E-state index contributed by atoms with van der Waals surface area (Å²) >= 11 is 0. The fourth-order valence-corrected chi connectivity index (χ4v) is 5.67. The van der Waals surface area contributed by atoms with Crippen molar-refractivity contribution >= 4 is 33.0 Å². The molecule has 2 heterocycles. The number of H-pyrrole nitrogens is 1. The van der Waals surface area contributed by atoms with E-state index in [0.717, 1.165) is 16.5 Å². The highest BCUT2D eigenvalue weighted by atomic mass is 32.2. The van der Waals surface area contributed by atoms with Gasteiger partial charge in [0.15, 0.2) is 5.78 Å². The molecule has 0 saturated carbocycles. The minimum Gasteiger partial charge on any atom is -0.361 e. The molecule has 0 aliphatic carbocycles. The lowest BCUT2D eigenvalue weighted by atomic mass is 9.91. The van der Waals surface area contributed by atoms with Crippen LogP contribution in [0.15, 0.2) is 59.6 Å². The number of rotatable bonds is 6. The molecule has 0 spiro atoms. The van der Waals surface area contributed by atoms with Crippen molar-refractivity contribution < 1.29 is 18.0 Å². The van der Waals surface area contributed by atoms with Gasteiger partial charge in [0.25, 0.3) is 0 Å². The number of aromatic nitrogens is 1. The van der Waals surface area contributed by atoms with E-state index in [2.05, 4.69) is 4.98 Å². The summed E-state index contributed by atoms with van der Waals surface area (Å²) in [5.41, 5.74) is 2.37. The van der Waals surface area contributed by atoms with Crippen LogP contribution >= 0.6 is 0 Å². The Morgan fingerprint density at radius 3 is 2.62 bits per heavy atom. The van der Waals surface area contributed by atoms with Gasteiger partial charge in [-0.2, -0.15) is 4.31 Å². The summed E-state index contributed by atoms with van der Waals surface area (Å²) < 4.78 is 27.6. The van der Waals surface area contributed by atoms with Crippen molar-refractivity contribution in [2.75, 3.05) is 6.54 Å². The van der Waals surface area contributed by atoms with Gasteiger partial charge in [-0.15, -0.1) is 0 Å². The smallest absolute Gasteiger partial charge is 0.243 e. The van der Waals surface area contributed by atoms with Crippen LogP contribution in [0.3, 0.4) is 0 Å². The largest absolute Gasteiger partial charge is 0.361 e. The second kappa shape index (κ2) is 7.57. The van der Waals surface area contributed by atoms with Crippen LogP contribution in [0, 0.1) is 6.92 Å². The molecule has 1 N–H and O–H groups in total. The van der Waals surface area contributed by atoms with E-state index in [-0.39, 0.29) is 17.2 Å². The zero-order valence-electron chi connectivity index (χ0n) is 16.0. The summed E-state index contributed by atoms with van der Waals surface area (Å²) in [6, 6.07) is 13.2. The fourth-order valence-electron chi connectivity index (χ4n) is 4.01. The van der Waals surface area contributed by atoms with Crippen LogP contribution in [0.25, 0.3) is 10.9 Å². The maximum absolute atomic E-state index is 13.3. The molecule has 0 bridgehead atoms. The Hall–Kier alpha value is -2.77. The quantitative estimate of drug-likeness (QED) is 0.499. The number of ketones is 1. The van der Waals surface area contributed by atoms with E-state index in [1.807, 2.05) is 31.2 Å². The van der Waals surface area contributed by atoms with E-state index < -0.39 is 22.0 Å². The number of fused-ring (bicyclic) bond motifs is 1. The number of nitrogens with zero attached hydrogens (tertiary/aromatic N) is 1. The number of aldehydes is 1. The first-order valence-corrected chi connectivity index (χ1v) is 11.0. The Bertz CT molecular complexity index is 1170. The maximum atomic E-state index is 13.3. The van der Waals surface area contributed by atoms with Crippen LogP contribution in [-0.4, -0.2) is 42.4 Å². The molecule has 6 nitrogen and oxygen atoms in total. The van der Waals surface area contributed by atoms with E-state index in [1.165, 1.54) is 4.31 Å². The standard InChI is InChI=1S/C22H22N2O4S/c1-15-8-10-16(11-9-15)29(27,28)24-12-4-7-21(24)22(26)19(14-25)18-13-23-20-6-3-2-5-17(18)20/h2-3,5-6,8-11,13-14,19,21,23H,4,7,12H2,1H3/t19?,21-/m0/s1. The number of aryl methyl sites for hydroxylation is 1. The van der Waals surface area contributed by atoms with Crippen molar-refractivity contribution in [3.63, 3.8) is 0 Å². The van der Waals surface area contributed by atoms with Gasteiger partial charge in [-0.3, -0.25) is 4.79 Å². The number of hydrogen-bond acceptors (Lipinski definition) is 4. The predicted molar refractivity (Wildman–Crippen MR) is 110 cm³/mol. The molecule has 1 aliphatic heterocycles. The molecule has 29 heavy (non-hydrogen) atoms. The second-order valence-corrected chi connectivity index (χ2v) is 9.28. The molecular formula is C22H22N2O4S. The molecule has 1 aliphatic rings. The molecule has 2 atom stereocenters. The maximum Gasteiger partial charge on any atom is 0.243 e. The molecular weight excluding hydrogens is 388 g/mol. The molecule has 0 radical (unpaired) electrons. The number of sulfonamides is 1. The third kappa shape index (κ3) is 3.41. The number of hydrogen-bond donors (Lipinski definition) is 1. The fraction of sp³-hybridized carbons (Fsp3) is 0.273. The van der Waals surface area contributed by atoms with Gasteiger partial charge < -0.3 is 9.78 Å². The number of carbonyl (C=O) groups excluding carboxylic acids is 2. The molecule has 1 fully saturated rings. The molecule has 1 aromatic heterocycles. The van der Waals surface area contributed by atoms with Crippen molar-refractivity contribution in [1.29, 1.82) is 0 Å². The highest BCUT2D eigenvalue weighted by molar-refractivity contribution is 7.89. The molecule has 7 heteroatoms. The third-order valence-electron chi connectivity index (χ3n) is 5.56. The van der Waals surface area contributed by atoms with Gasteiger partial charge in [0.2, 0.25) is 10.0 Å². The Balaban J connectivity index is 1.68. The molecule has 3 aromatic rings. The molecule has 150 valence electrons. The van der Waals surface area contributed by atoms with Crippen LogP contribution in [0.1, 0.15) is 29.9 Å². The lowest BCUT2D eigenvalue weighted by molar-refractivity contribution is -0.126. The van der Waals surface area contributed by atoms with Crippen molar-refractivity contribution in [2.24, 2.45) is 0 Å². The number of Topliss-reactive ketones (excluding diaryl/α,β-unsaturated/α-hetero) is 1. The third-order valence-corrected chi connectivity index (χ3v) is 7.48. The average Bonchev–Trinajstić information content (AvgIpc) is 3.37. The van der Waals surface area contributed by atoms with Crippen molar-refractivity contribution in [1.82, 2.24) is 9.29 Å². The Morgan fingerprint density at radius 2 is 1.90 bits per heavy atom. The van der Waals surface area contributed by atoms with Gasteiger partial charge in [0.1, 0.15) is 12.2 Å². The van der Waals surface area contributed by atoms with Crippen LogP contribution in [0.2, 0.25) is 0 Å². The van der Waals surface area contributed by atoms with Crippen molar-refractivity contribution in [2.45, 2.75) is 36.6 Å². The summed E-state index contributed by atoms with van der Waals surface area (Å²) in [4.78, 5) is 28.5.